The second-order valence-electron chi connectivity index (χ2n) is 10.9. The van der Waals surface area contributed by atoms with Crippen molar-refractivity contribution in [2.75, 3.05) is 18.9 Å². The van der Waals surface area contributed by atoms with Crippen LogP contribution in [0.15, 0.2) is 36.4 Å². The summed E-state index contributed by atoms with van der Waals surface area (Å²) in [7, 11) is 0. The molecule has 2 aromatic heterocycles. The van der Waals surface area contributed by atoms with Gasteiger partial charge in [0.05, 0.1) is 17.6 Å². The van der Waals surface area contributed by atoms with Gasteiger partial charge >= 0.3 is 0 Å². The number of anilines is 1. The number of phenols is 2. The molecule has 0 radical (unpaired) electrons. The number of rotatable bonds is 13. The lowest BCUT2D eigenvalue weighted by Gasteiger charge is -2.25. The number of aromatic hydroxyl groups is 2. The van der Waals surface area contributed by atoms with Gasteiger partial charge in [-0.1, -0.05) is 71.2 Å². The number of nitrogens with two attached hydrogens (primary N) is 1. The van der Waals surface area contributed by atoms with Crippen LogP contribution in [0.3, 0.4) is 0 Å². The highest BCUT2D eigenvalue weighted by molar-refractivity contribution is 6.06. The molecule has 0 saturated heterocycles. The van der Waals surface area contributed by atoms with Gasteiger partial charge < -0.3 is 25.3 Å². The minimum atomic E-state index is -0.130. The Morgan fingerprint density at radius 1 is 0.974 bits per heavy atom. The first kappa shape index (κ1) is 27.7. The third-order valence-corrected chi connectivity index (χ3v) is 7.51. The van der Waals surface area contributed by atoms with Crippen LogP contribution in [-0.4, -0.2) is 38.0 Å². The molecule has 0 fully saturated rings. The smallest absolute Gasteiger partial charge is 0.162 e. The highest BCUT2D eigenvalue weighted by Gasteiger charge is 2.23. The summed E-state index contributed by atoms with van der Waals surface area (Å²) in [4.78, 5) is 9.67. The van der Waals surface area contributed by atoms with E-state index in [9.17, 15) is 10.2 Å². The molecule has 0 saturated carbocycles. The molecular formula is C31H42N4O3. The van der Waals surface area contributed by atoms with Crippen molar-refractivity contribution in [2.45, 2.75) is 84.6 Å². The van der Waals surface area contributed by atoms with Crippen molar-refractivity contribution in [3.63, 3.8) is 0 Å². The summed E-state index contributed by atoms with van der Waals surface area (Å²) in [5, 5.41) is 21.6. The van der Waals surface area contributed by atoms with E-state index >= 15 is 0 Å². The second kappa shape index (κ2) is 12.0. The van der Waals surface area contributed by atoms with Crippen LogP contribution in [0.25, 0.3) is 21.9 Å². The fourth-order valence-electron chi connectivity index (χ4n) is 4.98. The van der Waals surface area contributed by atoms with E-state index < -0.39 is 0 Å². The van der Waals surface area contributed by atoms with E-state index in [-0.39, 0.29) is 16.9 Å². The van der Waals surface area contributed by atoms with E-state index in [1.165, 1.54) is 24.5 Å². The summed E-state index contributed by atoms with van der Waals surface area (Å²) in [6.45, 7) is 10.7. The zero-order chi connectivity index (χ0) is 27.3. The number of nitrogens with zero attached hydrogens (tertiary/aromatic N) is 3. The average molecular weight is 519 g/mol. The predicted molar refractivity (Wildman–Crippen MR) is 155 cm³/mol. The molecule has 7 heteroatoms. The standard InChI is InChI=1S/C31H42N4O3/c1-5-7-9-17-38-18-16-31(3,4)22-14-15-23-24(19-22)33-30(32)27-28(23)35(26(34-27)13-8-6-2)20-21-11-10-12-25(36)29(21)37/h10-12,14-15,19,36-37H,5-9,13,16-18,20H2,1-4H3,(H2,32,33). The Bertz CT molecular complexity index is 1390. The average Bonchev–Trinajstić information content (AvgIpc) is 3.26. The lowest BCUT2D eigenvalue weighted by molar-refractivity contribution is 0.115. The number of fused-ring (bicyclic) bond motifs is 3. The number of ether oxygens (including phenoxy) is 1. The number of aromatic nitrogens is 3. The summed E-state index contributed by atoms with van der Waals surface area (Å²) >= 11 is 0. The number of nitrogen functional groups attached to an aromatic ring is 1. The van der Waals surface area contributed by atoms with Gasteiger partial charge in [0, 0.05) is 30.6 Å². The summed E-state index contributed by atoms with van der Waals surface area (Å²) < 4.78 is 8.02. The van der Waals surface area contributed by atoms with Crippen LogP contribution in [0.2, 0.25) is 0 Å². The first-order valence-corrected chi connectivity index (χ1v) is 13.9. The SMILES string of the molecule is CCCCCOCCC(C)(C)c1ccc2c(c1)nc(N)c1nc(CCCC)n(Cc3cccc(O)c3O)c12. The van der Waals surface area contributed by atoms with Gasteiger partial charge in [-0.2, -0.15) is 0 Å². The zero-order valence-corrected chi connectivity index (χ0v) is 23.3. The minimum absolute atomic E-state index is 0.0791. The maximum absolute atomic E-state index is 10.5. The summed E-state index contributed by atoms with van der Waals surface area (Å²) in [5.41, 5.74) is 10.6. The van der Waals surface area contributed by atoms with Gasteiger partial charge in [-0.05, 0) is 42.4 Å². The van der Waals surface area contributed by atoms with Crippen molar-refractivity contribution in [3.05, 3.63) is 53.3 Å². The van der Waals surface area contributed by atoms with E-state index in [0.717, 1.165) is 67.6 Å². The van der Waals surface area contributed by atoms with Gasteiger partial charge in [-0.3, -0.25) is 0 Å². The van der Waals surface area contributed by atoms with Crippen molar-refractivity contribution in [3.8, 4) is 11.5 Å². The van der Waals surface area contributed by atoms with Crippen LogP contribution >= 0.6 is 0 Å². The van der Waals surface area contributed by atoms with Gasteiger partial charge in [0.25, 0.3) is 0 Å². The Kier molecular flexibility index (Phi) is 8.77. The lowest BCUT2D eigenvalue weighted by atomic mass is 9.81. The topological polar surface area (TPSA) is 106 Å². The highest BCUT2D eigenvalue weighted by Crippen LogP contribution is 2.36. The van der Waals surface area contributed by atoms with E-state index in [0.29, 0.717) is 23.4 Å². The minimum Gasteiger partial charge on any atom is -0.504 e. The molecule has 2 aromatic carbocycles. The van der Waals surface area contributed by atoms with Gasteiger partial charge in [0.2, 0.25) is 0 Å². The molecule has 204 valence electrons. The number of benzene rings is 2. The van der Waals surface area contributed by atoms with Gasteiger partial charge in [-0.25, -0.2) is 9.97 Å². The van der Waals surface area contributed by atoms with Crippen LogP contribution < -0.4 is 5.73 Å². The van der Waals surface area contributed by atoms with Crippen molar-refractivity contribution in [2.24, 2.45) is 0 Å². The lowest BCUT2D eigenvalue weighted by Crippen LogP contribution is -2.20. The first-order valence-electron chi connectivity index (χ1n) is 13.9. The van der Waals surface area contributed by atoms with Crippen LogP contribution in [0.4, 0.5) is 5.82 Å². The molecule has 0 aliphatic rings. The quantitative estimate of drug-likeness (QED) is 0.132. The van der Waals surface area contributed by atoms with Crippen LogP contribution in [0.5, 0.6) is 11.5 Å². The number of pyridine rings is 1. The summed E-state index contributed by atoms with van der Waals surface area (Å²) in [6, 6.07) is 11.5. The van der Waals surface area contributed by atoms with E-state index in [2.05, 4.69) is 50.5 Å². The van der Waals surface area contributed by atoms with Crippen molar-refractivity contribution < 1.29 is 14.9 Å². The van der Waals surface area contributed by atoms with E-state index in [4.69, 9.17) is 20.4 Å². The summed E-state index contributed by atoms with van der Waals surface area (Å²) in [6.07, 6.45) is 7.24. The largest absolute Gasteiger partial charge is 0.504 e. The molecular weight excluding hydrogens is 476 g/mol. The Morgan fingerprint density at radius 3 is 2.53 bits per heavy atom. The van der Waals surface area contributed by atoms with Crippen molar-refractivity contribution in [1.82, 2.24) is 14.5 Å². The first-order chi connectivity index (χ1) is 18.3. The summed E-state index contributed by atoms with van der Waals surface area (Å²) in [5.74, 6) is 1.06. The van der Waals surface area contributed by atoms with Gasteiger partial charge in [0.1, 0.15) is 11.3 Å². The van der Waals surface area contributed by atoms with E-state index in [1.54, 1.807) is 6.07 Å². The number of imidazole rings is 1. The van der Waals surface area contributed by atoms with Gasteiger partial charge in [-0.15, -0.1) is 0 Å². The molecule has 0 amide bonds. The molecule has 0 aliphatic heterocycles. The number of unbranched alkanes of at least 4 members (excludes halogenated alkanes) is 3. The Balaban J connectivity index is 1.74. The molecule has 38 heavy (non-hydrogen) atoms. The molecule has 0 bridgehead atoms. The Morgan fingerprint density at radius 2 is 1.76 bits per heavy atom. The van der Waals surface area contributed by atoms with Crippen LogP contribution in [0, 0.1) is 0 Å². The number of phenolic OH excluding ortho intramolecular Hbond substituents is 2. The number of para-hydroxylation sites is 1. The fourth-order valence-corrected chi connectivity index (χ4v) is 4.98. The molecule has 4 N–H and O–H groups in total. The molecule has 0 unspecified atom stereocenters. The van der Waals surface area contributed by atoms with E-state index in [1.807, 2.05) is 6.07 Å². The monoisotopic (exact) mass is 518 g/mol. The fraction of sp³-hybridized carbons (Fsp3) is 0.484. The third kappa shape index (κ3) is 5.88. The number of aryl methyl sites for hydroxylation is 1. The Labute approximate surface area is 225 Å². The molecule has 4 rings (SSSR count). The molecule has 4 aromatic rings. The maximum atomic E-state index is 10.5. The molecule has 0 spiro atoms. The molecule has 2 heterocycles. The third-order valence-electron chi connectivity index (χ3n) is 7.51. The van der Waals surface area contributed by atoms with Crippen molar-refractivity contribution >= 4 is 27.8 Å². The maximum Gasteiger partial charge on any atom is 0.162 e. The second-order valence-corrected chi connectivity index (χ2v) is 10.9. The predicted octanol–water partition coefficient (Wildman–Crippen LogP) is 6.84. The Hall–Kier alpha value is -3.32. The highest BCUT2D eigenvalue weighted by atomic mass is 16.5. The normalized spacial score (nSPS) is 12.1. The number of hydrogen-bond acceptors (Lipinski definition) is 6. The molecule has 0 atom stereocenters. The molecule has 7 nitrogen and oxygen atoms in total. The number of hydrogen-bond donors (Lipinski definition) is 3. The van der Waals surface area contributed by atoms with Crippen molar-refractivity contribution in [1.29, 1.82) is 0 Å². The molecule has 0 aliphatic carbocycles. The zero-order valence-electron chi connectivity index (χ0n) is 23.3. The van der Waals surface area contributed by atoms with Crippen LogP contribution in [0.1, 0.15) is 83.2 Å². The van der Waals surface area contributed by atoms with Gasteiger partial charge in [0.15, 0.2) is 17.3 Å². The van der Waals surface area contributed by atoms with Crippen LogP contribution in [-0.2, 0) is 23.1 Å².